The van der Waals surface area contributed by atoms with Crippen LogP contribution < -0.4 is 16.0 Å². The van der Waals surface area contributed by atoms with Gasteiger partial charge in [-0.25, -0.2) is 9.18 Å². The number of rotatable bonds is 8. The Morgan fingerprint density at radius 3 is 2.61 bits per heavy atom. The van der Waals surface area contributed by atoms with Crippen molar-refractivity contribution in [1.82, 2.24) is 9.55 Å². The molecule has 1 heterocycles. The highest BCUT2D eigenvalue weighted by atomic mass is 19.1. The van der Waals surface area contributed by atoms with Crippen LogP contribution in [0.1, 0.15) is 11.1 Å². The molecule has 0 amide bonds. The number of benzene rings is 2. The second-order valence-corrected chi connectivity index (χ2v) is 6.02. The van der Waals surface area contributed by atoms with Crippen LogP contribution in [0.15, 0.2) is 64.3 Å². The zero-order valence-electron chi connectivity index (χ0n) is 14.9. The lowest BCUT2D eigenvalue weighted by molar-refractivity contribution is 0.0455. The van der Waals surface area contributed by atoms with Crippen molar-refractivity contribution in [2.45, 2.75) is 13.2 Å². The Morgan fingerprint density at radius 2 is 1.86 bits per heavy atom. The van der Waals surface area contributed by atoms with Gasteiger partial charge in [-0.05, 0) is 42.0 Å². The largest absolute Gasteiger partial charge is 0.457 e. The maximum atomic E-state index is 13.0. The average Bonchev–Trinajstić information content (AvgIpc) is 2.67. The van der Waals surface area contributed by atoms with E-state index in [1.165, 1.54) is 35.0 Å². The van der Waals surface area contributed by atoms with Gasteiger partial charge in [0.05, 0.1) is 13.2 Å². The van der Waals surface area contributed by atoms with Crippen LogP contribution in [0.4, 0.5) is 4.39 Å². The number of nitrogens with zero attached hydrogens (tertiary/aromatic N) is 1. The normalized spacial score (nSPS) is 10.8. The Balaban J connectivity index is 1.78. The number of H-pyrrole nitrogens is 1. The first-order valence-corrected chi connectivity index (χ1v) is 8.59. The van der Waals surface area contributed by atoms with E-state index in [-0.39, 0.29) is 32.2 Å². The van der Waals surface area contributed by atoms with Gasteiger partial charge in [0.2, 0.25) is 0 Å². The maximum Gasteiger partial charge on any atom is 0.330 e. The van der Waals surface area contributed by atoms with E-state index in [9.17, 15) is 14.0 Å². The van der Waals surface area contributed by atoms with Crippen molar-refractivity contribution in [2.75, 3.05) is 13.2 Å². The zero-order chi connectivity index (χ0) is 19.9. The second-order valence-electron chi connectivity index (χ2n) is 6.02. The van der Waals surface area contributed by atoms with E-state index < -0.39 is 11.2 Å². The number of aliphatic hydroxyl groups excluding tert-OH is 1. The highest BCUT2D eigenvalue weighted by Crippen LogP contribution is 2.23. The van der Waals surface area contributed by atoms with Gasteiger partial charge in [-0.3, -0.25) is 14.3 Å². The van der Waals surface area contributed by atoms with Crippen molar-refractivity contribution < 1.29 is 19.0 Å². The average molecular weight is 386 g/mol. The van der Waals surface area contributed by atoms with Crippen molar-refractivity contribution >= 4 is 0 Å². The van der Waals surface area contributed by atoms with Crippen molar-refractivity contribution in [3.63, 3.8) is 0 Å². The van der Waals surface area contributed by atoms with Crippen molar-refractivity contribution in [2.24, 2.45) is 0 Å². The monoisotopic (exact) mass is 386 g/mol. The molecule has 0 saturated carbocycles. The van der Waals surface area contributed by atoms with Gasteiger partial charge >= 0.3 is 5.69 Å². The molecule has 146 valence electrons. The lowest BCUT2D eigenvalue weighted by Crippen LogP contribution is -2.32. The van der Waals surface area contributed by atoms with Crippen LogP contribution in [-0.4, -0.2) is 27.9 Å². The molecule has 0 atom stereocenters. The molecule has 3 aromatic rings. The predicted molar refractivity (Wildman–Crippen MR) is 100 cm³/mol. The van der Waals surface area contributed by atoms with E-state index in [1.807, 2.05) is 6.07 Å². The fraction of sp³-hybridized carbons (Fsp3) is 0.200. The summed E-state index contributed by atoms with van der Waals surface area (Å²) in [6.45, 7) is -0.146. The van der Waals surface area contributed by atoms with Crippen molar-refractivity contribution in [1.29, 1.82) is 0 Å². The van der Waals surface area contributed by atoms with Gasteiger partial charge in [0.1, 0.15) is 24.0 Å². The fourth-order valence-electron chi connectivity index (χ4n) is 2.58. The molecule has 0 fully saturated rings. The van der Waals surface area contributed by atoms with E-state index in [1.54, 1.807) is 18.2 Å². The SMILES string of the molecule is O=c1[nH]c(=O)n(COCCO)cc1Cc1cccc(Oc2ccc(F)cc2)c1. The molecule has 0 aliphatic rings. The van der Waals surface area contributed by atoms with E-state index in [0.717, 1.165) is 5.56 Å². The third-order valence-electron chi connectivity index (χ3n) is 3.89. The number of hydrogen-bond acceptors (Lipinski definition) is 5. The lowest BCUT2D eigenvalue weighted by Gasteiger charge is -2.10. The van der Waals surface area contributed by atoms with Gasteiger partial charge in [-0.1, -0.05) is 12.1 Å². The number of halogens is 1. The molecule has 2 aromatic carbocycles. The van der Waals surface area contributed by atoms with Crippen LogP contribution in [0.5, 0.6) is 11.5 Å². The molecule has 0 aliphatic carbocycles. The first kappa shape index (κ1) is 19.5. The molecular formula is C20H19FN2O5. The topological polar surface area (TPSA) is 93.6 Å². The van der Waals surface area contributed by atoms with Gasteiger partial charge in [0.25, 0.3) is 5.56 Å². The minimum absolute atomic E-state index is 0.0725. The molecule has 0 saturated heterocycles. The summed E-state index contributed by atoms with van der Waals surface area (Å²) in [7, 11) is 0. The molecule has 2 N–H and O–H groups in total. The molecule has 8 heteroatoms. The van der Waals surface area contributed by atoms with Gasteiger partial charge in [-0.15, -0.1) is 0 Å². The molecule has 3 rings (SSSR count). The maximum absolute atomic E-state index is 13.0. The summed E-state index contributed by atoms with van der Waals surface area (Å²) in [6, 6.07) is 12.8. The highest BCUT2D eigenvalue weighted by molar-refractivity contribution is 5.35. The zero-order valence-corrected chi connectivity index (χ0v) is 14.9. The Kier molecular flexibility index (Phi) is 6.36. The summed E-state index contributed by atoms with van der Waals surface area (Å²) < 4.78 is 25.1. The third kappa shape index (κ3) is 5.15. The quantitative estimate of drug-likeness (QED) is 0.578. The summed E-state index contributed by atoms with van der Waals surface area (Å²) >= 11 is 0. The first-order chi connectivity index (χ1) is 13.5. The van der Waals surface area contributed by atoms with E-state index in [0.29, 0.717) is 17.1 Å². The van der Waals surface area contributed by atoms with Gasteiger partial charge in [-0.2, -0.15) is 0 Å². The smallest absolute Gasteiger partial charge is 0.330 e. The number of nitrogens with one attached hydrogen (secondary N) is 1. The van der Waals surface area contributed by atoms with Crippen LogP contribution >= 0.6 is 0 Å². The molecule has 1 aromatic heterocycles. The number of aromatic amines is 1. The molecule has 0 spiro atoms. The van der Waals surface area contributed by atoms with E-state index >= 15 is 0 Å². The minimum atomic E-state index is -0.583. The molecule has 0 bridgehead atoms. The summed E-state index contributed by atoms with van der Waals surface area (Å²) in [4.78, 5) is 26.2. The Hall–Kier alpha value is -3.23. The Bertz CT molecular complexity index is 1040. The molecule has 28 heavy (non-hydrogen) atoms. The third-order valence-corrected chi connectivity index (χ3v) is 3.89. The highest BCUT2D eigenvalue weighted by Gasteiger charge is 2.07. The standard InChI is InChI=1S/C20H19FN2O5/c21-16-4-6-17(7-5-16)28-18-3-1-2-14(11-18)10-15-12-23(13-27-9-8-24)20(26)22-19(15)25/h1-7,11-12,24H,8-10,13H2,(H,22,25,26). The van der Waals surface area contributed by atoms with Gasteiger partial charge in [0, 0.05) is 18.2 Å². The molecule has 0 unspecified atom stereocenters. The summed E-state index contributed by atoms with van der Waals surface area (Å²) in [6.07, 6.45) is 1.71. The summed E-state index contributed by atoms with van der Waals surface area (Å²) in [5, 5.41) is 8.75. The van der Waals surface area contributed by atoms with Crippen LogP contribution in [0.3, 0.4) is 0 Å². The first-order valence-electron chi connectivity index (χ1n) is 8.59. The Labute approximate surface area is 159 Å². The predicted octanol–water partition coefficient (Wildman–Crippen LogP) is 2.03. The van der Waals surface area contributed by atoms with E-state index in [4.69, 9.17) is 14.6 Å². The number of ether oxygens (including phenoxy) is 2. The number of aliphatic hydroxyl groups is 1. The summed E-state index contributed by atoms with van der Waals surface area (Å²) in [5.74, 6) is 0.685. The van der Waals surface area contributed by atoms with Crippen LogP contribution in [0.25, 0.3) is 0 Å². The van der Waals surface area contributed by atoms with E-state index in [2.05, 4.69) is 4.98 Å². The molecule has 0 radical (unpaired) electrons. The van der Waals surface area contributed by atoms with Crippen molar-refractivity contribution in [3.8, 4) is 11.5 Å². The minimum Gasteiger partial charge on any atom is -0.457 e. The summed E-state index contributed by atoms with van der Waals surface area (Å²) in [5.41, 5.74) is 0.117. The molecule has 7 nitrogen and oxygen atoms in total. The van der Waals surface area contributed by atoms with Crippen molar-refractivity contribution in [3.05, 3.63) is 92.5 Å². The number of aromatic nitrogens is 2. The molecular weight excluding hydrogens is 367 g/mol. The lowest BCUT2D eigenvalue weighted by atomic mass is 10.1. The van der Waals surface area contributed by atoms with Crippen LogP contribution in [-0.2, 0) is 17.9 Å². The number of hydrogen-bond donors (Lipinski definition) is 2. The van der Waals surface area contributed by atoms with Crippen LogP contribution in [0, 0.1) is 5.82 Å². The van der Waals surface area contributed by atoms with Gasteiger partial charge < -0.3 is 14.6 Å². The Morgan fingerprint density at radius 1 is 1.07 bits per heavy atom. The van der Waals surface area contributed by atoms with Gasteiger partial charge in [0.15, 0.2) is 0 Å². The molecule has 0 aliphatic heterocycles. The van der Waals surface area contributed by atoms with Crippen LogP contribution in [0.2, 0.25) is 0 Å². The second kappa shape index (κ2) is 9.12. The fourth-order valence-corrected chi connectivity index (χ4v) is 2.58.